The summed E-state index contributed by atoms with van der Waals surface area (Å²) < 4.78 is 18.4. The van der Waals surface area contributed by atoms with E-state index in [0.29, 0.717) is 10.2 Å². The average Bonchev–Trinajstić information content (AvgIpc) is 2.97. The van der Waals surface area contributed by atoms with Gasteiger partial charge in [-0.1, -0.05) is 27.7 Å². The number of carbonyl (C=O) groups excluding carboxylic acids is 1. The third-order valence-electron chi connectivity index (χ3n) is 2.29. The van der Waals surface area contributed by atoms with Gasteiger partial charge in [-0.2, -0.15) is 12.6 Å². The number of nitrogens with zero attached hydrogens (tertiary/aromatic N) is 1. The van der Waals surface area contributed by atoms with Gasteiger partial charge in [0.05, 0.1) is 23.3 Å². The van der Waals surface area contributed by atoms with Crippen molar-refractivity contribution in [2.45, 2.75) is 33.8 Å². The number of hydrogen-bond acceptors (Lipinski definition) is 4. The number of halogens is 2. The van der Waals surface area contributed by atoms with E-state index in [1.165, 1.54) is 17.0 Å². The van der Waals surface area contributed by atoms with E-state index in [2.05, 4.69) is 28.6 Å². The highest BCUT2D eigenvalue weighted by Crippen LogP contribution is 2.25. The lowest BCUT2D eigenvalue weighted by Crippen LogP contribution is -2.25. The molecule has 0 aliphatic carbocycles. The van der Waals surface area contributed by atoms with Crippen LogP contribution in [0.4, 0.5) is 14.9 Å². The van der Waals surface area contributed by atoms with Crippen LogP contribution in [0.5, 0.6) is 0 Å². The summed E-state index contributed by atoms with van der Waals surface area (Å²) in [5.41, 5.74) is 0.418. The normalized spacial score (nSPS) is 15.4. The molecule has 2 rings (SSSR count). The zero-order valence-corrected chi connectivity index (χ0v) is 16.1. The molecule has 4 nitrogen and oxygen atoms in total. The summed E-state index contributed by atoms with van der Waals surface area (Å²) in [6.45, 7) is 8.00. The molecule has 1 aliphatic heterocycles. The molecule has 22 heavy (non-hydrogen) atoms. The first-order valence-corrected chi connectivity index (χ1v) is 8.79. The van der Waals surface area contributed by atoms with Crippen LogP contribution in [-0.2, 0) is 4.74 Å². The first-order valence-electron chi connectivity index (χ1n) is 7.10. The number of rotatable bonds is 2. The molecule has 1 saturated heterocycles. The molecule has 1 unspecified atom stereocenters. The highest BCUT2D eigenvalue weighted by molar-refractivity contribution is 9.10. The number of benzene rings is 1. The van der Waals surface area contributed by atoms with Crippen LogP contribution in [0, 0.1) is 5.82 Å². The van der Waals surface area contributed by atoms with E-state index in [4.69, 9.17) is 9.84 Å². The van der Waals surface area contributed by atoms with Crippen LogP contribution in [0.1, 0.15) is 27.7 Å². The number of anilines is 1. The Balaban J connectivity index is 0. The largest absolute Gasteiger partial charge is 0.441 e. The van der Waals surface area contributed by atoms with Crippen LogP contribution in [0.2, 0.25) is 0 Å². The van der Waals surface area contributed by atoms with E-state index in [1.54, 1.807) is 12.3 Å². The van der Waals surface area contributed by atoms with Gasteiger partial charge in [0.1, 0.15) is 11.9 Å². The van der Waals surface area contributed by atoms with Crippen molar-refractivity contribution >= 4 is 40.3 Å². The van der Waals surface area contributed by atoms with Crippen molar-refractivity contribution < 1.29 is 19.0 Å². The lowest BCUT2D eigenvalue weighted by atomic mass is 10.2. The molecule has 1 aliphatic rings. The summed E-state index contributed by atoms with van der Waals surface area (Å²) in [5.74, 6) is -0.447. The maximum Gasteiger partial charge on any atom is 0.414 e. The van der Waals surface area contributed by atoms with Crippen molar-refractivity contribution in [2.24, 2.45) is 0 Å². The van der Waals surface area contributed by atoms with Gasteiger partial charge < -0.3 is 9.84 Å². The zero-order chi connectivity index (χ0) is 17.7. The molecule has 1 amide bonds. The molecule has 1 heterocycles. The van der Waals surface area contributed by atoms with Crippen LogP contribution < -0.4 is 4.90 Å². The predicted molar refractivity (Wildman–Crippen MR) is 96.4 cm³/mol. The van der Waals surface area contributed by atoms with Gasteiger partial charge in [-0.05, 0) is 40.4 Å². The Hall–Kier alpha value is -0.790. The second-order valence-corrected chi connectivity index (χ2v) is 4.25. The number of amides is 1. The van der Waals surface area contributed by atoms with Crippen LogP contribution in [0.25, 0.3) is 0 Å². The molecule has 128 valence electrons. The summed E-state index contributed by atoms with van der Waals surface area (Å²) in [7, 11) is 0. The number of carbonyl (C=O) groups is 1. The Labute approximate surface area is 146 Å². The maximum atomic E-state index is 13.3. The highest BCUT2D eigenvalue weighted by atomic mass is 79.9. The Morgan fingerprint density at radius 1 is 1.36 bits per heavy atom. The molecule has 0 radical (unpaired) electrons. The van der Waals surface area contributed by atoms with Crippen molar-refractivity contribution in [3.05, 3.63) is 28.5 Å². The van der Waals surface area contributed by atoms with Gasteiger partial charge in [0.2, 0.25) is 0 Å². The van der Waals surface area contributed by atoms with Crippen molar-refractivity contribution in [3.63, 3.8) is 0 Å². The fourth-order valence-electron chi connectivity index (χ4n) is 1.48. The van der Waals surface area contributed by atoms with E-state index in [0.717, 1.165) is 0 Å². The summed E-state index contributed by atoms with van der Waals surface area (Å²) >= 11 is 6.56. The predicted octanol–water partition coefficient (Wildman–Crippen LogP) is 4.50. The summed E-state index contributed by atoms with van der Waals surface area (Å²) in [6.07, 6.45) is 0.583. The molecule has 1 atom stereocenters. The Morgan fingerprint density at radius 2 is 1.91 bits per heavy atom. The third-order valence-corrected chi connectivity index (χ3v) is 2.94. The van der Waals surface area contributed by atoms with Crippen molar-refractivity contribution in [1.82, 2.24) is 0 Å². The maximum absolute atomic E-state index is 13.3. The molecule has 0 aromatic heterocycles. The van der Waals surface area contributed by atoms with Gasteiger partial charge >= 0.3 is 6.09 Å². The summed E-state index contributed by atoms with van der Waals surface area (Å²) in [5, 5.41) is 8.86. The lowest BCUT2D eigenvalue weighted by Gasteiger charge is -2.12. The minimum absolute atomic E-state index is 0.233. The Morgan fingerprint density at radius 3 is 2.32 bits per heavy atom. The molecule has 0 bridgehead atoms. The third kappa shape index (κ3) is 6.98. The number of aliphatic hydroxyl groups is 1. The summed E-state index contributed by atoms with van der Waals surface area (Å²) in [4.78, 5) is 12.7. The Bertz CT molecular complexity index is 435. The first-order chi connectivity index (χ1) is 10.6. The number of aliphatic hydroxyl groups excluding tert-OH is 1. The number of hydrogen-bond donors (Lipinski definition) is 2. The van der Waals surface area contributed by atoms with Gasteiger partial charge in [-0.25, -0.2) is 9.18 Å². The Kier molecular flexibility index (Phi) is 14.8. The van der Waals surface area contributed by atoms with E-state index in [9.17, 15) is 9.18 Å². The second-order valence-electron chi connectivity index (χ2n) is 3.40. The van der Waals surface area contributed by atoms with Crippen LogP contribution in [-0.4, -0.2) is 36.7 Å². The standard InChI is InChI=1S/C10H9BrFNO3.2C2H6.CH4S/c11-8-2-1-6(3-9(8)12)13-4-7(5-14)16-10(13)15;3*1-2/h1-3,7,14H,4-5H2;2*1-2H3;2H,1H3. The lowest BCUT2D eigenvalue weighted by molar-refractivity contribution is 0.0963. The van der Waals surface area contributed by atoms with Crippen LogP contribution >= 0.6 is 28.6 Å². The van der Waals surface area contributed by atoms with Crippen molar-refractivity contribution in [2.75, 3.05) is 24.3 Å². The van der Waals surface area contributed by atoms with Crippen molar-refractivity contribution in [3.8, 4) is 0 Å². The minimum Gasteiger partial charge on any atom is -0.441 e. The number of thiol groups is 1. The van der Waals surface area contributed by atoms with E-state index in [-0.39, 0.29) is 13.2 Å². The molecule has 1 aromatic carbocycles. The molecular weight excluding hydrogens is 373 g/mol. The molecule has 0 spiro atoms. The van der Waals surface area contributed by atoms with E-state index < -0.39 is 18.0 Å². The molecule has 1 fully saturated rings. The van der Waals surface area contributed by atoms with Crippen molar-refractivity contribution in [1.29, 1.82) is 0 Å². The SMILES string of the molecule is CC.CC.CS.O=C1OC(CO)CN1c1ccc(Br)c(F)c1. The second kappa shape index (κ2) is 13.8. The number of ether oxygens (including phenoxy) is 1. The van der Waals surface area contributed by atoms with Gasteiger partial charge in [-0.3, -0.25) is 4.90 Å². The average molecular weight is 398 g/mol. The van der Waals surface area contributed by atoms with Gasteiger partial charge in [0, 0.05) is 0 Å². The molecule has 7 heteroatoms. The fraction of sp³-hybridized carbons (Fsp3) is 0.533. The molecule has 0 saturated carbocycles. The zero-order valence-electron chi connectivity index (χ0n) is 13.6. The van der Waals surface area contributed by atoms with Gasteiger partial charge in [-0.15, -0.1) is 0 Å². The summed E-state index contributed by atoms with van der Waals surface area (Å²) in [6, 6.07) is 4.36. The van der Waals surface area contributed by atoms with Crippen LogP contribution in [0.15, 0.2) is 22.7 Å². The van der Waals surface area contributed by atoms with Gasteiger partial charge in [0.15, 0.2) is 0 Å². The quantitative estimate of drug-likeness (QED) is 0.721. The highest BCUT2D eigenvalue weighted by Gasteiger charge is 2.31. The molecular formula is C15H25BrFNO3S. The first kappa shape index (κ1) is 23.5. The number of cyclic esters (lactones) is 1. The molecule has 1 N–H and O–H groups in total. The minimum atomic E-state index is -0.569. The molecule has 1 aromatic rings. The smallest absolute Gasteiger partial charge is 0.414 e. The monoisotopic (exact) mass is 397 g/mol. The topological polar surface area (TPSA) is 49.8 Å². The van der Waals surface area contributed by atoms with E-state index in [1.807, 2.05) is 27.7 Å². The van der Waals surface area contributed by atoms with E-state index >= 15 is 0 Å². The van der Waals surface area contributed by atoms with Gasteiger partial charge in [0.25, 0.3) is 0 Å². The fourth-order valence-corrected chi connectivity index (χ4v) is 1.73. The van der Waals surface area contributed by atoms with Crippen LogP contribution in [0.3, 0.4) is 0 Å².